The van der Waals surface area contributed by atoms with Crippen LogP contribution in [0.3, 0.4) is 0 Å². The Morgan fingerprint density at radius 1 is 0.789 bits per heavy atom. The molecule has 0 amide bonds. The van der Waals surface area contributed by atoms with E-state index in [9.17, 15) is 8.78 Å². The van der Waals surface area contributed by atoms with Crippen molar-refractivity contribution in [3.8, 4) is 0 Å². The van der Waals surface area contributed by atoms with E-state index >= 15 is 0 Å². The van der Waals surface area contributed by atoms with Crippen molar-refractivity contribution in [1.29, 1.82) is 0 Å². The SMILES string of the molecule is CC.CC1CCCCC1.NC(F)(F)C1CCCCC1. The molecule has 2 aliphatic carbocycles. The predicted octanol–water partition coefficient (Wildman–Crippen LogP) is 5.73. The van der Waals surface area contributed by atoms with Crippen molar-refractivity contribution in [2.24, 2.45) is 17.6 Å². The van der Waals surface area contributed by atoms with Gasteiger partial charge in [-0.05, 0) is 18.8 Å². The molecule has 0 aromatic heterocycles. The minimum absolute atomic E-state index is 0.554. The Morgan fingerprint density at radius 3 is 1.37 bits per heavy atom. The average molecular weight is 277 g/mol. The van der Waals surface area contributed by atoms with E-state index in [1.54, 1.807) is 0 Å². The van der Waals surface area contributed by atoms with Crippen LogP contribution in [0.4, 0.5) is 8.78 Å². The molecule has 0 aromatic carbocycles. The van der Waals surface area contributed by atoms with E-state index in [0.29, 0.717) is 12.8 Å². The van der Waals surface area contributed by atoms with Gasteiger partial charge in [-0.2, -0.15) is 8.78 Å². The van der Waals surface area contributed by atoms with E-state index in [1.807, 2.05) is 13.8 Å². The van der Waals surface area contributed by atoms with Gasteiger partial charge in [0.25, 0.3) is 0 Å². The van der Waals surface area contributed by atoms with Crippen LogP contribution in [-0.2, 0) is 0 Å². The van der Waals surface area contributed by atoms with Crippen LogP contribution in [0.25, 0.3) is 0 Å². The maximum atomic E-state index is 12.4. The van der Waals surface area contributed by atoms with Crippen molar-refractivity contribution < 1.29 is 8.78 Å². The van der Waals surface area contributed by atoms with E-state index in [4.69, 9.17) is 0 Å². The van der Waals surface area contributed by atoms with Crippen LogP contribution in [-0.4, -0.2) is 6.05 Å². The first-order chi connectivity index (χ1) is 9.00. The molecule has 3 heteroatoms. The number of hydrogen-bond donors (Lipinski definition) is 1. The molecular formula is C16H33F2N. The van der Waals surface area contributed by atoms with Crippen LogP contribution >= 0.6 is 0 Å². The van der Waals surface area contributed by atoms with Crippen molar-refractivity contribution >= 4 is 0 Å². The van der Waals surface area contributed by atoms with Crippen molar-refractivity contribution in [3.05, 3.63) is 0 Å². The molecule has 0 spiro atoms. The van der Waals surface area contributed by atoms with Gasteiger partial charge in [0, 0.05) is 5.92 Å². The lowest BCUT2D eigenvalue weighted by Gasteiger charge is -2.26. The van der Waals surface area contributed by atoms with E-state index in [2.05, 4.69) is 12.7 Å². The normalized spacial score (nSPS) is 21.8. The Kier molecular flexibility index (Phi) is 10.5. The molecule has 0 unspecified atom stereocenters. The summed E-state index contributed by atoms with van der Waals surface area (Å²) in [5.74, 6) is 0.481. The lowest BCUT2D eigenvalue weighted by atomic mass is 9.88. The van der Waals surface area contributed by atoms with Gasteiger partial charge >= 0.3 is 6.05 Å². The molecule has 2 N–H and O–H groups in total. The largest absolute Gasteiger partial charge is 0.302 e. The van der Waals surface area contributed by atoms with Crippen LogP contribution in [0, 0.1) is 11.8 Å². The summed E-state index contributed by atoms with van der Waals surface area (Å²) in [5.41, 5.74) is 4.68. The van der Waals surface area contributed by atoms with Crippen molar-refractivity contribution in [2.75, 3.05) is 0 Å². The highest BCUT2D eigenvalue weighted by Crippen LogP contribution is 2.32. The standard InChI is InChI=1S/C7H13F2N.C7H14.C2H6/c8-7(9,10)6-4-2-1-3-5-6;1-7-5-3-2-4-6-7;1-2/h6H,1-5,10H2;7H,2-6H2,1H3;1-2H3. The molecule has 116 valence electrons. The number of alkyl halides is 2. The zero-order valence-corrected chi connectivity index (χ0v) is 13.1. The van der Waals surface area contributed by atoms with Crippen molar-refractivity contribution in [1.82, 2.24) is 0 Å². The van der Waals surface area contributed by atoms with Crippen molar-refractivity contribution in [2.45, 2.75) is 91.0 Å². The summed E-state index contributed by atoms with van der Waals surface area (Å²) < 4.78 is 24.8. The average Bonchev–Trinajstić information content (AvgIpc) is 2.43. The van der Waals surface area contributed by atoms with Crippen LogP contribution in [0.2, 0.25) is 0 Å². The van der Waals surface area contributed by atoms with Crippen LogP contribution in [0.15, 0.2) is 0 Å². The highest BCUT2D eigenvalue weighted by atomic mass is 19.3. The van der Waals surface area contributed by atoms with Crippen molar-refractivity contribution in [3.63, 3.8) is 0 Å². The summed E-state index contributed by atoms with van der Waals surface area (Å²) in [7, 11) is 0. The number of hydrogen-bond acceptors (Lipinski definition) is 1. The molecule has 2 rings (SSSR count). The van der Waals surface area contributed by atoms with E-state index in [1.165, 1.54) is 32.1 Å². The Labute approximate surface area is 118 Å². The summed E-state index contributed by atoms with van der Waals surface area (Å²) in [6, 6.07) is -2.93. The second kappa shape index (κ2) is 10.6. The van der Waals surface area contributed by atoms with Gasteiger partial charge in [-0.25, -0.2) is 0 Å². The predicted molar refractivity (Wildman–Crippen MR) is 79.3 cm³/mol. The molecule has 1 nitrogen and oxygen atoms in total. The molecule has 0 heterocycles. The molecule has 0 bridgehead atoms. The summed E-state index contributed by atoms with van der Waals surface area (Å²) in [4.78, 5) is 0. The van der Waals surface area contributed by atoms with Crippen LogP contribution < -0.4 is 5.73 Å². The van der Waals surface area contributed by atoms with Gasteiger partial charge in [0.1, 0.15) is 0 Å². The minimum atomic E-state index is -2.93. The van der Waals surface area contributed by atoms with Gasteiger partial charge in [-0.15, -0.1) is 0 Å². The maximum absolute atomic E-state index is 12.4. The van der Waals surface area contributed by atoms with Gasteiger partial charge in [0.15, 0.2) is 0 Å². The zero-order chi connectivity index (χ0) is 14.7. The maximum Gasteiger partial charge on any atom is 0.302 e. The smallest absolute Gasteiger partial charge is 0.272 e. The third-order valence-corrected chi connectivity index (χ3v) is 4.04. The molecule has 0 aromatic rings. The van der Waals surface area contributed by atoms with Gasteiger partial charge in [-0.3, -0.25) is 5.73 Å². The molecule has 0 saturated heterocycles. The minimum Gasteiger partial charge on any atom is -0.272 e. The lowest BCUT2D eigenvalue weighted by molar-refractivity contribution is -0.0647. The van der Waals surface area contributed by atoms with E-state index < -0.39 is 12.0 Å². The molecule has 2 saturated carbocycles. The van der Waals surface area contributed by atoms with Gasteiger partial charge < -0.3 is 0 Å². The summed E-state index contributed by atoms with van der Waals surface area (Å²) in [6.07, 6.45) is 11.6. The van der Waals surface area contributed by atoms with Crippen LogP contribution in [0.1, 0.15) is 85.0 Å². The zero-order valence-electron chi connectivity index (χ0n) is 13.1. The summed E-state index contributed by atoms with van der Waals surface area (Å²) in [6.45, 7) is 6.36. The van der Waals surface area contributed by atoms with Gasteiger partial charge in [0.2, 0.25) is 0 Å². The number of rotatable bonds is 1. The second-order valence-corrected chi connectivity index (χ2v) is 5.75. The fraction of sp³-hybridized carbons (Fsp3) is 1.00. The fourth-order valence-corrected chi connectivity index (χ4v) is 2.79. The second-order valence-electron chi connectivity index (χ2n) is 5.75. The molecule has 2 fully saturated rings. The third-order valence-electron chi connectivity index (χ3n) is 4.04. The Balaban J connectivity index is 0.000000316. The third kappa shape index (κ3) is 9.37. The monoisotopic (exact) mass is 277 g/mol. The summed E-state index contributed by atoms with van der Waals surface area (Å²) in [5, 5.41) is 0. The van der Waals surface area contributed by atoms with Gasteiger partial charge in [0.05, 0.1) is 0 Å². The van der Waals surface area contributed by atoms with E-state index in [0.717, 1.165) is 25.2 Å². The number of halogens is 2. The molecule has 19 heavy (non-hydrogen) atoms. The molecule has 2 aliphatic rings. The molecular weight excluding hydrogens is 244 g/mol. The Hall–Kier alpha value is -0.180. The fourth-order valence-electron chi connectivity index (χ4n) is 2.79. The molecule has 0 radical (unpaired) electrons. The highest BCUT2D eigenvalue weighted by molar-refractivity contribution is 4.74. The Bertz CT molecular complexity index is 189. The first kappa shape index (κ1) is 18.8. The quantitative estimate of drug-likeness (QED) is 0.608. The first-order valence-electron chi connectivity index (χ1n) is 8.17. The summed E-state index contributed by atoms with van der Waals surface area (Å²) >= 11 is 0. The highest BCUT2D eigenvalue weighted by Gasteiger charge is 2.35. The molecule has 0 aliphatic heterocycles. The Morgan fingerprint density at radius 2 is 1.16 bits per heavy atom. The van der Waals surface area contributed by atoms with E-state index in [-0.39, 0.29) is 0 Å². The topological polar surface area (TPSA) is 26.0 Å². The lowest BCUT2D eigenvalue weighted by Crippen LogP contribution is -2.38. The number of nitrogens with two attached hydrogens (primary N) is 1. The van der Waals surface area contributed by atoms with Gasteiger partial charge in [-0.1, -0.05) is 72.1 Å². The first-order valence-corrected chi connectivity index (χ1v) is 8.17. The van der Waals surface area contributed by atoms with Crippen LogP contribution in [0.5, 0.6) is 0 Å². The molecule has 0 atom stereocenters.